The molecule has 2 fully saturated rings. The van der Waals surface area contributed by atoms with Gasteiger partial charge in [0, 0.05) is 13.1 Å². The summed E-state index contributed by atoms with van der Waals surface area (Å²) in [5.41, 5.74) is 0.595. The summed E-state index contributed by atoms with van der Waals surface area (Å²) in [5, 5.41) is 7.05. The van der Waals surface area contributed by atoms with Crippen LogP contribution >= 0.6 is 0 Å². The van der Waals surface area contributed by atoms with Crippen molar-refractivity contribution in [2.45, 2.75) is 32.0 Å². The molecule has 0 aromatic carbocycles. The molecule has 0 aliphatic carbocycles. The number of fused-ring (bicyclic) bond motifs is 1. The summed E-state index contributed by atoms with van der Waals surface area (Å²) < 4.78 is 11.1. The fourth-order valence-corrected chi connectivity index (χ4v) is 3.35. The van der Waals surface area contributed by atoms with Gasteiger partial charge in [0.25, 0.3) is 5.91 Å². The standard InChI is InChI=1S/C15H18N4O3/c1-9-16-14(18-17-9)12-6-10-2-4-19(7-13(10)22-12)15(20)11-3-5-21-8-11/h3,5,8,10,12-13H,2,4,6-7H2,1H3,(H,16,17,18)/t10-,12+,13+/m0/s1. The van der Waals surface area contributed by atoms with Crippen molar-refractivity contribution in [3.05, 3.63) is 35.8 Å². The van der Waals surface area contributed by atoms with Crippen molar-refractivity contribution in [3.8, 4) is 0 Å². The molecule has 4 rings (SSSR count). The lowest BCUT2D eigenvalue weighted by Crippen LogP contribution is -2.45. The van der Waals surface area contributed by atoms with Crippen LogP contribution in [0, 0.1) is 12.8 Å². The third-order valence-electron chi connectivity index (χ3n) is 4.51. The second kappa shape index (κ2) is 5.24. The number of carbonyl (C=O) groups excluding carboxylic acids is 1. The zero-order chi connectivity index (χ0) is 15.1. The Morgan fingerprint density at radius 3 is 3.14 bits per heavy atom. The van der Waals surface area contributed by atoms with Crippen LogP contribution in [0.2, 0.25) is 0 Å². The molecule has 1 amide bonds. The number of piperidine rings is 1. The SMILES string of the molecule is Cc1nc([C@H]2C[C@@H]3CCN(C(=O)c4ccoc4)C[C@H]3O2)n[nH]1. The molecule has 2 aromatic rings. The van der Waals surface area contributed by atoms with E-state index < -0.39 is 0 Å². The third kappa shape index (κ3) is 2.31. The van der Waals surface area contributed by atoms with Gasteiger partial charge >= 0.3 is 0 Å². The van der Waals surface area contributed by atoms with Gasteiger partial charge in [-0.25, -0.2) is 4.98 Å². The summed E-state index contributed by atoms with van der Waals surface area (Å²) in [6.45, 7) is 3.26. The molecular formula is C15H18N4O3. The van der Waals surface area contributed by atoms with Crippen molar-refractivity contribution in [1.29, 1.82) is 0 Å². The lowest BCUT2D eigenvalue weighted by molar-refractivity contribution is -0.00684. The predicted molar refractivity (Wildman–Crippen MR) is 76.1 cm³/mol. The van der Waals surface area contributed by atoms with E-state index in [1.807, 2.05) is 11.8 Å². The van der Waals surface area contributed by atoms with E-state index in [1.165, 1.54) is 12.5 Å². The Morgan fingerprint density at radius 1 is 1.50 bits per heavy atom. The van der Waals surface area contributed by atoms with E-state index in [-0.39, 0.29) is 18.1 Å². The smallest absolute Gasteiger partial charge is 0.257 e. The molecule has 0 spiro atoms. The van der Waals surface area contributed by atoms with E-state index in [0.717, 1.165) is 31.0 Å². The largest absolute Gasteiger partial charge is 0.472 e. The van der Waals surface area contributed by atoms with Crippen LogP contribution in [0.3, 0.4) is 0 Å². The Kier molecular flexibility index (Phi) is 3.22. The number of aromatic amines is 1. The van der Waals surface area contributed by atoms with E-state index in [2.05, 4.69) is 15.2 Å². The number of rotatable bonds is 2. The number of nitrogens with zero attached hydrogens (tertiary/aromatic N) is 3. The molecule has 2 saturated heterocycles. The second-order valence-electron chi connectivity index (χ2n) is 5.99. The van der Waals surface area contributed by atoms with Gasteiger partial charge in [0.05, 0.1) is 17.9 Å². The first-order chi connectivity index (χ1) is 10.7. The van der Waals surface area contributed by atoms with Gasteiger partial charge < -0.3 is 14.1 Å². The van der Waals surface area contributed by atoms with Gasteiger partial charge in [0.15, 0.2) is 5.82 Å². The maximum absolute atomic E-state index is 12.4. The molecule has 2 aromatic heterocycles. The van der Waals surface area contributed by atoms with Crippen LogP contribution in [0.5, 0.6) is 0 Å². The van der Waals surface area contributed by atoms with E-state index in [4.69, 9.17) is 9.15 Å². The highest BCUT2D eigenvalue weighted by atomic mass is 16.5. The minimum atomic E-state index is -0.0658. The van der Waals surface area contributed by atoms with Gasteiger partial charge in [-0.2, -0.15) is 5.10 Å². The molecule has 0 unspecified atom stereocenters. The van der Waals surface area contributed by atoms with Gasteiger partial charge in [-0.1, -0.05) is 0 Å². The van der Waals surface area contributed by atoms with Gasteiger partial charge in [-0.15, -0.1) is 0 Å². The molecule has 2 aliphatic rings. The van der Waals surface area contributed by atoms with Gasteiger partial charge in [-0.05, 0) is 31.7 Å². The second-order valence-corrected chi connectivity index (χ2v) is 5.99. The van der Waals surface area contributed by atoms with Crippen LogP contribution in [-0.4, -0.2) is 45.2 Å². The molecule has 0 saturated carbocycles. The average molecular weight is 302 g/mol. The number of H-pyrrole nitrogens is 1. The first kappa shape index (κ1) is 13.5. The number of amides is 1. The normalized spacial score (nSPS) is 27.9. The first-order valence-corrected chi connectivity index (χ1v) is 7.56. The predicted octanol–water partition coefficient (Wildman–Crippen LogP) is 1.70. The molecule has 22 heavy (non-hydrogen) atoms. The van der Waals surface area contributed by atoms with E-state index in [1.54, 1.807) is 6.07 Å². The van der Waals surface area contributed by atoms with Crippen molar-refractivity contribution in [3.63, 3.8) is 0 Å². The highest BCUT2D eigenvalue weighted by molar-refractivity contribution is 5.93. The van der Waals surface area contributed by atoms with Crippen molar-refractivity contribution in [2.24, 2.45) is 5.92 Å². The summed E-state index contributed by atoms with van der Waals surface area (Å²) in [6, 6.07) is 1.70. The molecule has 7 heteroatoms. The fourth-order valence-electron chi connectivity index (χ4n) is 3.35. The first-order valence-electron chi connectivity index (χ1n) is 7.56. The molecular weight excluding hydrogens is 284 g/mol. The number of furan rings is 1. The third-order valence-corrected chi connectivity index (χ3v) is 4.51. The average Bonchev–Trinajstić information content (AvgIpc) is 3.25. The van der Waals surface area contributed by atoms with Crippen LogP contribution in [0.4, 0.5) is 0 Å². The zero-order valence-electron chi connectivity index (χ0n) is 12.4. The van der Waals surface area contributed by atoms with Crippen molar-refractivity contribution < 1.29 is 13.9 Å². The van der Waals surface area contributed by atoms with Gasteiger partial charge in [0.1, 0.15) is 18.2 Å². The Morgan fingerprint density at radius 2 is 2.41 bits per heavy atom. The highest BCUT2D eigenvalue weighted by Crippen LogP contribution is 2.40. The Balaban J connectivity index is 1.44. The number of carbonyl (C=O) groups is 1. The molecule has 116 valence electrons. The molecule has 3 atom stereocenters. The lowest BCUT2D eigenvalue weighted by atomic mass is 9.91. The number of likely N-dealkylation sites (tertiary alicyclic amines) is 1. The summed E-state index contributed by atoms with van der Waals surface area (Å²) >= 11 is 0. The molecule has 1 N–H and O–H groups in total. The summed E-state index contributed by atoms with van der Waals surface area (Å²) in [7, 11) is 0. The Hall–Kier alpha value is -2.15. The minimum Gasteiger partial charge on any atom is -0.472 e. The molecule has 0 bridgehead atoms. The molecule has 2 aliphatic heterocycles. The van der Waals surface area contributed by atoms with Crippen LogP contribution in [0.25, 0.3) is 0 Å². The van der Waals surface area contributed by atoms with Crippen LogP contribution in [-0.2, 0) is 4.74 Å². The Labute approximate surface area is 127 Å². The number of hydrogen-bond donors (Lipinski definition) is 1. The van der Waals surface area contributed by atoms with Crippen LogP contribution < -0.4 is 0 Å². The minimum absolute atomic E-state index is 0.00740. The number of hydrogen-bond acceptors (Lipinski definition) is 5. The summed E-state index contributed by atoms with van der Waals surface area (Å²) in [6.07, 6.45) is 4.89. The summed E-state index contributed by atoms with van der Waals surface area (Å²) in [4.78, 5) is 18.6. The topological polar surface area (TPSA) is 84.2 Å². The molecule has 0 radical (unpaired) electrons. The van der Waals surface area contributed by atoms with Crippen molar-refractivity contribution in [2.75, 3.05) is 13.1 Å². The van der Waals surface area contributed by atoms with Gasteiger partial charge in [0.2, 0.25) is 0 Å². The van der Waals surface area contributed by atoms with Crippen LogP contribution in [0.1, 0.15) is 41.0 Å². The molecule has 7 nitrogen and oxygen atoms in total. The van der Waals surface area contributed by atoms with E-state index in [0.29, 0.717) is 18.0 Å². The van der Waals surface area contributed by atoms with E-state index in [9.17, 15) is 4.79 Å². The lowest BCUT2D eigenvalue weighted by Gasteiger charge is -2.33. The monoisotopic (exact) mass is 302 g/mol. The fraction of sp³-hybridized carbons (Fsp3) is 0.533. The van der Waals surface area contributed by atoms with Crippen molar-refractivity contribution >= 4 is 5.91 Å². The maximum atomic E-state index is 12.4. The van der Waals surface area contributed by atoms with E-state index >= 15 is 0 Å². The quantitative estimate of drug-likeness (QED) is 0.912. The summed E-state index contributed by atoms with van der Waals surface area (Å²) in [5.74, 6) is 2.00. The van der Waals surface area contributed by atoms with Crippen LogP contribution in [0.15, 0.2) is 23.0 Å². The molecule has 4 heterocycles. The Bertz CT molecular complexity index is 666. The van der Waals surface area contributed by atoms with Crippen molar-refractivity contribution in [1.82, 2.24) is 20.1 Å². The van der Waals surface area contributed by atoms with Gasteiger partial charge in [-0.3, -0.25) is 9.89 Å². The number of ether oxygens (including phenoxy) is 1. The zero-order valence-corrected chi connectivity index (χ0v) is 12.4. The number of nitrogens with one attached hydrogen (secondary N) is 1. The number of aromatic nitrogens is 3. The number of aryl methyl sites for hydroxylation is 1. The highest BCUT2D eigenvalue weighted by Gasteiger charge is 2.42. The maximum Gasteiger partial charge on any atom is 0.257 e.